The van der Waals surface area contributed by atoms with Crippen LogP contribution in [0.2, 0.25) is 0 Å². The van der Waals surface area contributed by atoms with E-state index >= 15 is 0 Å². The van der Waals surface area contributed by atoms with E-state index in [9.17, 15) is 4.79 Å². The minimum atomic E-state index is 0.0538. The molecule has 1 aliphatic rings. The Hall–Kier alpha value is -2.27. The van der Waals surface area contributed by atoms with E-state index in [0.717, 1.165) is 13.1 Å². The van der Waals surface area contributed by atoms with Crippen molar-refractivity contribution in [2.24, 2.45) is 0 Å². The fourth-order valence-corrected chi connectivity index (χ4v) is 3.09. The Morgan fingerprint density at radius 3 is 2.32 bits per heavy atom. The molecule has 1 aliphatic heterocycles. The Balaban J connectivity index is 0.000000181. The van der Waals surface area contributed by atoms with Crippen LogP contribution in [0.5, 0.6) is 0 Å². The summed E-state index contributed by atoms with van der Waals surface area (Å²) < 4.78 is 0. The second kappa shape index (κ2) is 9.89. The number of aromatic nitrogens is 2. The van der Waals surface area contributed by atoms with E-state index in [1.54, 1.807) is 29.4 Å². The standard InChI is InChI=1S/C10H14N2O.C10H14N2/c1-3-12(4-2)10(13)9-6-5-7-11-8-9;1-12-7-3-5-10(12)9-4-2-6-11-8-9/h5-8H,3-4H2,1-2H3;2,4,6,8,10H,3,5,7H2,1H3/t;10-/m.0/s1. The van der Waals surface area contributed by atoms with Gasteiger partial charge in [-0.15, -0.1) is 0 Å². The summed E-state index contributed by atoms with van der Waals surface area (Å²) in [7, 11) is 2.19. The molecule has 0 unspecified atom stereocenters. The molecule has 2 aromatic rings. The van der Waals surface area contributed by atoms with Gasteiger partial charge >= 0.3 is 0 Å². The molecule has 0 bridgehead atoms. The molecule has 1 saturated heterocycles. The molecule has 1 amide bonds. The number of carbonyl (C=O) groups is 1. The molecule has 0 radical (unpaired) electrons. The molecule has 3 heterocycles. The van der Waals surface area contributed by atoms with Crippen molar-refractivity contribution < 1.29 is 4.79 Å². The van der Waals surface area contributed by atoms with Gasteiger partial charge in [0.1, 0.15) is 0 Å². The summed E-state index contributed by atoms with van der Waals surface area (Å²) in [5.41, 5.74) is 2.02. The SMILES string of the molecule is CCN(CC)C(=O)c1cccnc1.CN1CCC[C@H]1c1cccnc1. The summed E-state index contributed by atoms with van der Waals surface area (Å²) in [5.74, 6) is 0.0538. The molecule has 1 fully saturated rings. The first-order valence-electron chi connectivity index (χ1n) is 8.96. The van der Waals surface area contributed by atoms with E-state index < -0.39 is 0 Å². The van der Waals surface area contributed by atoms with E-state index in [1.165, 1.54) is 24.9 Å². The number of hydrogen-bond acceptors (Lipinski definition) is 4. The summed E-state index contributed by atoms with van der Waals surface area (Å²) in [5, 5.41) is 0. The lowest BCUT2D eigenvalue weighted by molar-refractivity contribution is 0.0772. The van der Waals surface area contributed by atoms with Crippen LogP contribution in [0.15, 0.2) is 49.1 Å². The third-order valence-corrected chi connectivity index (χ3v) is 4.55. The fourth-order valence-electron chi connectivity index (χ4n) is 3.09. The van der Waals surface area contributed by atoms with Crippen molar-refractivity contribution in [3.8, 4) is 0 Å². The summed E-state index contributed by atoms with van der Waals surface area (Å²) in [4.78, 5) is 23.9. The molecule has 1 atom stereocenters. The van der Waals surface area contributed by atoms with Crippen LogP contribution in [0.3, 0.4) is 0 Å². The molecule has 5 heteroatoms. The highest BCUT2D eigenvalue weighted by molar-refractivity contribution is 5.93. The lowest BCUT2D eigenvalue weighted by Crippen LogP contribution is -2.30. The Morgan fingerprint density at radius 1 is 1.16 bits per heavy atom. The third kappa shape index (κ3) is 5.36. The summed E-state index contributed by atoms with van der Waals surface area (Å²) in [6.07, 6.45) is 9.67. The largest absolute Gasteiger partial charge is 0.339 e. The number of nitrogens with zero attached hydrogens (tertiary/aromatic N) is 4. The lowest BCUT2D eigenvalue weighted by Gasteiger charge is -2.18. The fraction of sp³-hybridized carbons (Fsp3) is 0.450. The van der Waals surface area contributed by atoms with E-state index in [4.69, 9.17) is 0 Å². The van der Waals surface area contributed by atoms with Crippen molar-refractivity contribution in [1.29, 1.82) is 0 Å². The maximum Gasteiger partial charge on any atom is 0.255 e. The molecule has 0 aromatic carbocycles. The van der Waals surface area contributed by atoms with Crippen LogP contribution in [0.25, 0.3) is 0 Å². The molecule has 134 valence electrons. The zero-order valence-electron chi connectivity index (χ0n) is 15.4. The Kier molecular flexibility index (Phi) is 7.54. The van der Waals surface area contributed by atoms with E-state index in [0.29, 0.717) is 11.6 Å². The summed E-state index contributed by atoms with van der Waals surface area (Å²) >= 11 is 0. The molecule has 5 nitrogen and oxygen atoms in total. The highest BCUT2D eigenvalue weighted by Gasteiger charge is 2.21. The first-order valence-corrected chi connectivity index (χ1v) is 8.96. The first-order chi connectivity index (χ1) is 12.2. The molecule has 0 N–H and O–H groups in total. The lowest BCUT2D eigenvalue weighted by atomic mass is 10.1. The van der Waals surface area contributed by atoms with Crippen LogP contribution in [-0.4, -0.2) is 52.4 Å². The Morgan fingerprint density at radius 2 is 1.84 bits per heavy atom. The van der Waals surface area contributed by atoms with Gasteiger partial charge in [-0.25, -0.2) is 0 Å². The van der Waals surface area contributed by atoms with Gasteiger partial charge in [0.2, 0.25) is 0 Å². The van der Waals surface area contributed by atoms with Gasteiger partial charge in [0, 0.05) is 43.9 Å². The summed E-state index contributed by atoms with van der Waals surface area (Å²) in [6, 6.07) is 8.35. The van der Waals surface area contributed by atoms with Crippen LogP contribution >= 0.6 is 0 Å². The van der Waals surface area contributed by atoms with Crippen LogP contribution in [-0.2, 0) is 0 Å². The van der Waals surface area contributed by atoms with Crippen LogP contribution in [0, 0.1) is 0 Å². The van der Waals surface area contributed by atoms with Crippen molar-refractivity contribution >= 4 is 5.91 Å². The maximum atomic E-state index is 11.7. The van der Waals surface area contributed by atoms with Crippen molar-refractivity contribution in [3.63, 3.8) is 0 Å². The zero-order valence-corrected chi connectivity index (χ0v) is 15.4. The van der Waals surface area contributed by atoms with Gasteiger partial charge in [-0.2, -0.15) is 0 Å². The average molecular weight is 340 g/mol. The monoisotopic (exact) mass is 340 g/mol. The predicted molar refractivity (Wildman–Crippen MR) is 100 cm³/mol. The molecule has 2 aromatic heterocycles. The topological polar surface area (TPSA) is 49.3 Å². The number of pyridine rings is 2. The minimum absolute atomic E-state index is 0.0538. The maximum absolute atomic E-state index is 11.7. The quantitative estimate of drug-likeness (QED) is 0.856. The van der Waals surface area contributed by atoms with Crippen molar-refractivity contribution in [1.82, 2.24) is 19.8 Å². The smallest absolute Gasteiger partial charge is 0.255 e. The molecule has 3 rings (SSSR count). The van der Waals surface area contributed by atoms with E-state index in [1.807, 2.05) is 32.3 Å². The van der Waals surface area contributed by atoms with Crippen molar-refractivity contribution in [2.45, 2.75) is 32.7 Å². The van der Waals surface area contributed by atoms with E-state index in [2.05, 4.69) is 28.0 Å². The van der Waals surface area contributed by atoms with Gasteiger partial charge in [-0.1, -0.05) is 6.07 Å². The van der Waals surface area contributed by atoms with Gasteiger partial charge in [-0.3, -0.25) is 19.7 Å². The number of carbonyl (C=O) groups excluding carboxylic acids is 1. The highest BCUT2D eigenvalue weighted by atomic mass is 16.2. The highest BCUT2D eigenvalue weighted by Crippen LogP contribution is 2.29. The van der Waals surface area contributed by atoms with Crippen LogP contribution in [0.1, 0.15) is 48.7 Å². The average Bonchev–Trinajstić information content (AvgIpc) is 3.10. The Bertz CT molecular complexity index is 629. The minimum Gasteiger partial charge on any atom is -0.339 e. The molecular weight excluding hydrogens is 312 g/mol. The third-order valence-electron chi connectivity index (χ3n) is 4.55. The number of rotatable bonds is 4. The first kappa shape index (κ1) is 19.1. The molecule has 0 saturated carbocycles. The number of likely N-dealkylation sites (tertiary alicyclic amines) is 1. The Labute approximate surface area is 150 Å². The van der Waals surface area contributed by atoms with Gasteiger partial charge in [0.05, 0.1) is 5.56 Å². The zero-order chi connectivity index (χ0) is 18.1. The van der Waals surface area contributed by atoms with Gasteiger partial charge in [-0.05, 0) is 64.0 Å². The second-order valence-corrected chi connectivity index (χ2v) is 6.14. The molecule has 0 aliphatic carbocycles. The van der Waals surface area contributed by atoms with Crippen LogP contribution < -0.4 is 0 Å². The van der Waals surface area contributed by atoms with Gasteiger partial charge in [0.15, 0.2) is 0 Å². The number of amides is 1. The van der Waals surface area contributed by atoms with Gasteiger partial charge < -0.3 is 4.90 Å². The predicted octanol–water partition coefficient (Wildman–Crippen LogP) is 3.41. The molecule has 0 spiro atoms. The second-order valence-electron chi connectivity index (χ2n) is 6.14. The molecular formula is C20H28N4O. The molecule has 25 heavy (non-hydrogen) atoms. The number of hydrogen-bond donors (Lipinski definition) is 0. The van der Waals surface area contributed by atoms with Crippen molar-refractivity contribution in [2.75, 3.05) is 26.7 Å². The van der Waals surface area contributed by atoms with Crippen molar-refractivity contribution in [3.05, 3.63) is 60.2 Å². The van der Waals surface area contributed by atoms with Crippen LogP contribution in [0.4, 0.5) is 0 Å². The summed E-state index contributed by atoms with van der Waals surface area (Å²) in [6.45, 7) is 6.64. The normalized spacial score (nSPS) is 16.8. The van der Waals surface area contributed by atoms with Gasteiger partial charge in [0.25, 0.3) is 5.91 Å². The van der Waals surface area contributed by atoms with E-state index in [-0.39, 0.29) is 5.91 Å².